The van der Waals surface area contributed by atoms with E-state index in [-0.39, 0.29) is 11.4 Å². The maximum Gasteiger partial charge on any atom is 0.268 e. The summed E-state index contributed by atoms with van der Waals surface area (Å²) in [6.45, 7) is 1.62. The van der Waals surface area contributed by atoms with Crippen molar-refractivity contribution >= 4 is 15.9 Å². The molecule has 1 N–H and O–H groups in total. The third kappa shape index (κ3) is 3.02. The highest BCUT2D eigenvalue weighted by atomic mass is 32.2. The summed E-state index contributed by atoms with van der Waals surface area (Å²) < 4.78 is 38.2. The first-order chi connectivity index (χ1) is 9.28. The highest BCUT2D eigenvalue weighted by Gasteiger charge is 2.17. The molecule has 0 atom stereocenters. The number of aromatic nitrogens is 2. The van der Waals surface area contributed by atoms with E-state index in [1.54, 1.807) is 6.92 Å². The van der Waals surface area contributed by atoms with E-state index in [9.17, 15) is 17.6 Å². The van der Waals surface area contributed by atoms with Crippen molar-refractivity contribution in [2.75, 3.05) is 6.26 Å². The summed E-state index contributed by atoms with van der Waals surface area (Å²) >= 11 is 0. The van der Waals surface area contributed by atoms with Gasteiger partial charge in [-0.05, 0) is 31.2 Å². The van der Waals surface area contributed by atoms with Gasteiger partial charge in [-0.25, -0.2) is 22.2 Å². The fourth-order valence-electron chi connectivity index (χ4n) is 1.70. The molecule has 1 aromatic heterocycles. The molecule has 2 rings (SSSR count). The number of hydrogen-bond acceptors (Lipinski definition) is 4. The minimum absolute atomic E-state index is 0.139. The fraction of sp³-hybridized carbons (Fsp3) is 0.167. The molecule has 1 aromatic carbocycles. The van der Waals surface area contributed by atoms with Gasteiger partial charge >= 0.3 is 0 Å². The molecule has 0 saturated heterocycles. The largest absolute Gasteiger partial charge is 0.268 e. The van der Waals surface area contributed by atoms with Crippen LogP contribution >= 0.6 is 0 Å². The van der Waals surface area contributed by atoms with E-state index < -0.39 is 15.9 Å². The smallest absolute Gasteiger partial charge is 0.268 e. The number of nitrogens with one attached hydrogen (secondary N) is 1. The van der Waals surface area contributed by atoms with E-state index in [1.807, 2.05) is 4.72 Å². The van der Waals surface area contributed by atoms with Crippen molar-refractivity contribution in [3.8, 4) is 5.69 Å². The standard InChI is InChI=1S/C12H12FN3O3S/c1-8-11(12(17)15-20(2,18)19)7-14-16(8)10-5-3-9(13)4-6-10/h3-7H,1-2H3,(H,15,17). The first-order valence-electron chi connectivity index (χ1n) is 5.60. The van der Waals surface area contributed by atoms with E-state index >= 15 is 0 Å². The van der Waals surface area contributed by atoms with E-state index in [1.165, 1.54) is 35.1 Å². The van der Waals surface area contributed by atoms with E-state index in [0.29, 0.717) is 11.4 Å². The normalized spacial score (nSPS) is 11.3. The summed E-state index contributed by atoms with van der Waals surface area (Å²) in [5.41, 5.74) is 1.17. The van der Waals surface area contributed by atoms with Crippen LogP contribution in [0, 0.1) is 12.7 Å². The average Bonchev–Trinajstić information content (AvgIpc) is 2.70. The molecule has 8 heteroatoms. The van der Waals surface area contributed by atoms with Crippen molar-refractivity contribution in [3.63, 3.8) is 0 Å². The molecule has 106 valence electrons. The first-order valence-corrected chi connectivity index (χ1v) is 7.50. The van der Waals surface area contributed by atoms with Crippen LogP contribution < -0.4 is 4.72 Å². The summed E-state index contributed by atoms with van der Waals surface area (Å²) in [5.74, 6) is -1.13. The van der Waals surface area contributed by atoms with Gasteiger partial charge in [0.2, 0.25) is 10.0 Å². The van der Waals surface area contributed by atoms with Gasteiger partial charge in [-0.3, -0.25) is 4.79 Å². The summed E-state index contributed by atoms with van der Waals surface area (Å²) in [5, 5.41) is 4.01. The van der Waals surface area contributed by atoms with E-state index in [2.05, 4.69) is 5.10 Å². The van der Waals surface area contributed by atoms with Crippen LogP contribution in [0.4, 0.5) is 4.39 Å². The lowest BCUT2D eigenvalue weighted by molar-refractivity contribution is 0.0981. The first kappa shape index (κ1) is 14.2. The summed E-state index contributed by atoms with van der Waals surface area (Å²) in [6, 6.07) is 5.56. The quantitative estimate of drug-likeness (QED) is 0.916. The molecular formula is C12H12FN3O3S. The van der Waals surface area contributed by atoms with Gasteiger partial charge in [-0.1, -0.05) is 0 Å². The zero-order chi connectivity index (χ0) is 14.9. The Morgan fingerprint density at radius 1 is 1.30 bits per heavy atom. The van der Waals surface area contributed by atoms with Crippen LogP contribution in [0.2, 0.25) is 0 Å². The van der Waals surface area contributed by atoms with Gasteiger partial charge in [-0.15, -0.1) is 0 Å². The van der Waals surface area contributed by atoms with Crippen LogP contribution in [-0.4, -0.2) is 30.4 Å². The number of rotatable bonds is 3. The molecule has 0 spiro atoms. The number of hydrogen-bond donors (Lipinski definition) is 1. The van der Waals surface area contributed by atoms with Gasteiger partial charge in [0.15, 0.2) is 0 Å². The Balaban J connectivity index is 2.36. The van der Waals surface area contributed by atoms with Crippen molar-refractivity contribution < 1.29 is 17.6 Å². The third-order valence-electron chi connectivity index (χ3n) is 2.60. The van der Waals surface area contributed by atoms with Crippen molar-refractivity contribution in [2.45, 2.75) is 6.92 Å². The summed E-state index contributed by atoms with van der Waals surface area (Å²) in [7, 11) is -3.64. The number of nitrogens with zero attached hydrogens (tertiary/aromatic N) is 2. The Kier molecular flexibility index (Phi) is 3.58. The van der Waals surface area contributed by atoms with Gasteiger partial charge in [0.1, 0.15) is 5.82 Å². The lowest BCUT2D eigenvalue weighted by atomic mass is 10.2. The minimum Gasteiger partial charge on any atom is -0.268 e. The molecule has 0 fully saturated rings. The lowest BCUT2D eigenvalue weighted by Gasteiger charge is -2.05. The molecule has 0 saturated carbocycles. The molecule has 0 aliphatic heterocycles. The van der Waals surface area contributed by atoms with Gasteiger partial charge in [-0.2, -0.15) is 5.10 Å². The van der Waals surface area contributed by atoms with Gasteiger partial charge < -0.3 is 0 Å². The monoisotopic (exact) mass is 297 g/mol. The number of carbonyl (C=O) groups excluding carboxylic acids is 1. The molecule has 1 amide bonds. The second-order valence-electron chi connectivity index (χ2n) is 4.24. The van der Waals surface area contributed by atoms with Crippen molar-refractivity contribution in [1.82, 2.24) is 14.5 Å². The number of amides is 1. The molecule has 0 aliphatic carbocycles. The molecule has 1 heterocycles. The Labute approximate surface area is 115 Å². The van der Waals surface area contributed by atoms with Crippen molar-refractivity contribution in [1.29, 1.82) is 0 Å². The number of halogens is 1. The maximum absolute atomic E-state index is 12.9. The van der Waals surface area contributed by atoms with Crippen LogP contribution in [0.3, 0.4) is 0 Å². The predicted molar refractivity (Wildman–Crippen MR) is 70.6 cm³/mol. The minimum atomic E-state index is -3.64. The summed E-state index contributed by atoms with van der Waals surface area (Å²) in [6.07, 6.45) is 2.16. The van der Waals surface area contributed by atoms with E-state index in [0.717, 1.165) is 6.26 Å². The highest BCUT2D eigenvalue weighted by molar-refractivity contribution is 7.89. The molecule has 20 heavy (non-hydrogen) atoms. The molecule has 0 unspecified atom stereocenters. The van der Waals surface area contributed by atoms with Gasteiger partial charge in [0, 0.05) is 0 Å². The molecule has 0 bridgehead atoms. The molecule has 0 radical (unpaired) electrons. The molecular weight excluding hydrogens is 285 g/mol. The van der Waals surface area contributed by atoms with Gasteiger partial charge in [0.25, 0.3) is 5.91 Å². The van der Waals surface area contributed by atoms with Crippen LogP contribution in [0.1, 0.15) is 16.1 Å². The average molecular weight is 297 g/mol. The number of benzene rings is 1. The molecule has 2 aromatic rings. The van der Waals surface area contributed by atoms with Gasteiger partial charge in [0.05, 0.1) is 29.4 Å². The molecule has 6 nitrogen and oxygen atoms in total. The predicted octanol–water partition coefficient (Wildman–Crippen LogP) is 1.01. The number of carbonyl (C=O) groups is 1. The maximum atomic E-state index is 12.9. The Bertz CT molecular complexity index is 751. The lowest BCUT2D eigenvalue weighted by Crippen LogP contribution is -2.29. The van der Waals surface area contributed by atoms with Crippen molar-refractivity contribution in [2.24, 2.45) is 0 Å². The zero-order valence-electron chi connectivity index (χ0n) is 10.8. The Morgan fingerprint density at radius 3 is 2.45 bits per heavy atom. The fourth-order valence-corrected chi connectivity index (χ4v) is 2.15. The zero-order valence-corrected chi connectivity index (χ0v) is 11.6. The van der Waals surface area contributed by atoms with Crippen LogP contribution in [0.15, 0.2) is 30.5 Å². The summed E-state index contributed by atoms with van der Waals surface area (Å²) in [4.78, 5) is 11.8. The highest BCUT2D eigenvalue weighted by Crippen LogP contribution is 2.14. The SMILES string of the molecule is Cc1c(C(=O)NS(C)(=O)=O)cnn1-c1ccc(F)cc1. The second kappa shape index (κ2) is 5.04. The van der Waals surface area contributed by atoms with Crippen LogP contribution in [-0.2, 0) is 10.0 Å². The topological polar surface area (TPSA) is 81.1 Å². The van der Waals surface area contributed by atoms with Crippen molar-refractivity contribution in [3.05, 3.63) is 47.5 Å². The Hall–Kier alpha value is -2.22. The molecule has 0 aliphatic rings. The van der Waals surface area contributed by atoms with Crippen LogP contribution in [0.5, 0.6) is 0 Å². The van der Waals surface area contributed by atoms with Crippen LogP contribution in [0.25, 0.3) is 5.69 Å². The number of sulfonamides is 1. The Morgan fingerprint density at radius 2 is 1.90 bits per heavy atom. The van der Waals surface area contributed by atoms with E-state index in [4.69, 9.17) is 0 Å². The second-order valence-corrected chi connectivity index (χ2v) is 5.98. The third-order valence-corrected chi connectivity index (χ3v) is 3.16.